The highest BCUT2D eigenvalue weighted by Gasteiger charge is 2.14. The Balaban J connectivity index is 1.80. The van der Waals surface area contributed by atoms with E-state index in [0.29, 0.717) is 24.4 Å². The average molecular weight is 251 g/mol. The fraction of sp³-hybridized carbons (Fsp3) is 0.692. The van der Waals surface area contributed by atoms with Crippen LogP contribution in [0.2, 0.25) is 0 Å². The molecule has 1 fully saturated rings. The summed E-state index contributed by atoms with van der Waals surface area (Å²) in [6, 6.07) is 1.80. The fourth-order valence-electron chi connectivity index (χ4n) is 1.86. The lowest BCUT2D eigenvalue weighted by Crippen LogP contribution is -2.21. The molecule has 0 atom stereocenters. The second-order valence-corrected chi connectivity index (χ2v) is 4.51. The van der Waals surface area contributed by atoms with Gasteiger partial charge in [-0.3, -0.25) is 0 Å². The van der Waals surface area contributed by atoms with Crippen LogP contribution in [0, 0.1) is 5.92 Å². The Bertz CT molecular complexity index is 354. The Morgan fingerprint density at radius 2 is 2.28 bits per heavy atom. The van der Waals surface area contributed by atoms with Gasteiger partial charge in [-0.05, 0) is 25.2 Å². The monoisotopic (exact) mass is 251 g/mol. The number of hydrogen-bond donors (Lipinski definition) is 1. The predicted molar refractivity (Wildman–Crippen MR) is 69.9 cm³/mol. The van der Waals surface area contributed by atoms with Gasteiger partial charge in [0.05, 0.1) is 6.61 Å². The first kappa shape index (κ1) is 13.1. The molecular weight excluding hydrogens is 230 g/mol. The SMILES string of the molecule is CCCNc1nccc(OCC2CCOCC2)n1. The van der Waals surface area contributed by atoms with Gasteiger partial charge in [0.2, 0.25) is 11.8 Å². The molecule has 1 N–H and O–H groups in total. The maximum Gasteiger partial charge on any atom is 0.225 e. The molecule has 1 aliphatic heterocycles. The highest BCUT2D eigenvalue weighted by molar-refractivity contribution is 5.27. The second-order valence-electron chi connectivity index (χ2n) is 4.51. The fourth-order valence-corrected chi connectivity index (χ4v) is 1.86. The Morgan fingerprint density at radius 3 is 3.06 bits per heavy atom. The Morgan fingerprint density at radius 1 is 1.44 bits per heavy atom. The van der Waals surface area contributed by atoms with Crippen LogP contribution in [0.1, 0.15) is 26.2 Å². The molecule has 0 aliphatic carbocycles. The lowest BCUT2D eigenvalue weighted by molar-refractivity contribution is 0.0490. The molecule has 2 heterocycles. The number of hydrogen-bond acceptors (Lipinski definition) is 5. The van der Waals surface area contributed by atoms with Crippen molar-refractivity contribution in [2.45, 2.75) is 26.2 Å². The summed E-state index contributed by atoms with van der Waals surface area (Å²) < 4.78 is 11.0. The summed E-state index contributed by atoms with van der Waals surface area (Å²) >= 11 is 0. The molecule has 1 saturated heterocycles. The lowest BCUT2D eigenvalue weighted by Gasteiger charge is -2.21. The largest absolute Gasteiger partial charge is 0.477 e. The number of aromatic nitrogens is 2. The lowest BCUT2D eigenvalue weighted by atomic mass is 10.0. The van der Waals surface area contributed by atoms with E-state index >= 15 is 0 Å². The van der Waals surface area contributed by atoms with Crippen molar-refractivity contribution in [2.75, 3.05) is 31.7 Å². The van der Waals surface area contributed by atoms with Crippen LogP contribution in [0.5, 0.6) is 5.88 Å². The number of nitrogens with zero attached hydrogens (tertiary/aromatic N) is 2. The molecule has 100 valence electrons. The molecule has 0 aromatic carbocycles. The molecule has 0 saturated carbocycles. The van der Waals surface area contributed by atoms with Crippen molar-refractivity contribution in [1.29, 1.82) is 0 Å². The molecule has 18 heavy (non-hydrogen) atoms. The number of rotatable bonds is 6. The molecule has 0 bridgehead atoms. The molecule has 5 nitrogen and oxygen atoms in total. The first-order chi connectivity index (χ1) is 8.88. The van der Waals surface area contributed by atoms with E-state index in [-0.39, 0.29) is 0 Å². The molecular formula is C13H21N3O2. The van der Waals surface area contributed by atoms with Gasteiger partial charge in [0.1, 0.15) is 0 Å². The van der Waals surface area contributed by atoms with Crippen LogP contribution in [-0.4, -0.2) is 36.3 Å². The molecule has 1 aliphatic rings. The minimum absolute atomic E-state index is 0.584. The van der Waals surface area contributed by atoms with E-state index in [1.54, 1.807) is 12.3 Å². The molecule has 5 heteroatoms. The quantitative estimate of drug-likeness (QED) is 0.839. The van der Waals surface area contributed by atoms with E-state index in [0.717, 1.165) is 39.0 Å². The Labute approximate surface area is 108 Å². The molecule has 0 unspecified atom stereocenters. The van der Waals surface area contributed by atoms with Gasteiger partial charge in [-0.25, -0.2) is 4.98 Å². The van der Waals surface area contributed by atoms with Crippen molar-refractivity contribution in [3.05, 3.63) is 12.3 Å². The van der Waals surface area contributed by atoms with E-state index in [2.05, 4.69) is 22.2 Å². The molecule has 0 amide bonds. The van der Waals surface area contributed by atoms with Gasteiger partial charge in [0.25, 0.3) is 0 Å². The van der Waals surface area contributed by atoms with Crippen molar-refractivity contribution in [1.82, 2.24) is 9.97 Å². The van der Waals surface area contributed by atoms with E-state index in [1.807, 2.05) is 0 Å². The average Bonchev–Trinajstić information content (AvgIpc) is 2.44. The van der Waals surface area contributed by atoms with Gasteiger partial charge in [-0.2, -0.15) is 4.98 Å². The van der Waals surface area contributed by atoms with Crippen molar-refractivity contribution in [2.24, 2.45) is 5.92 Å². The zero-order valence-corrected chi connectivity index (χ0v) is 10.9. The van der Waals surface area contributed by atoms with Crippen LogP contribution in [0.4, 0.5) is 5.95 Å². The summed E-state index contributed by atoms with van der Waals surface area (Å²) in [4.78, 5) is 8.47. The van der Waals surface area contributed by atoms with Crippen molar-refractivity contribution in [3.63, 3.8) is 0 Å². The molecule has 1 aromatic heterocycles. The third-order valence-corrected chi connectivity index (χ3v) is 2.97. The first-order valence-electron chi connectivity index (χ1n) is 6.66. The molecule has 0 radical (unpaired) electrons. The summed E-state index contributed by atoms with van der Waals surface area (Å²) in [6.07, 6.45) is 4.93. The van der Waals surface area contributed by atoms with E-state index < -0.39 is 0 Å². The summed E-state index contributed by atoms with van der Waals surface area (Å²) in [5.41, 5.74) is 0. The summed E-state index contributed by atoms with van der Waals surface area (Å²) in [5.74, 6) is 1.87. The van der Waals surface area contributed by atoms with Crippen molar-refractivity contribution < 1.29 is 9.47 Å². The Hall–Kier alpha value is -1.36. The topological polar surface area (TPSA) is 56.3 Å². The normalized spacial score (nSPS) is 16.5. The third-order valence-electron chi connectivity index (χ3n) is 2.97. The van der Waals surface area contributed by atoms with Crippen LogP contribution in [-0.2, 0) is 4.74 Å². The van der Waals surface area contributed by atoms with Crippen LogP contribution in [0.25, 0.3) is 0 Å². The smallest absolute Gasteiger partial charge is 0.225 e. The predicted octanol–water partition coefficient (Wildman–Crippen LogP) is 2.10. The summed E-state index contributed by atoms with van der Waals surface area (Å²) in [7, 11) is 0. The maximum absolute atomic E-state index is 5.72. The second kappa shape index (κ2) is 7.16. The van der Waals surface area contributed by atoms with Gasteiger partial charge < -0.3 is 14.8 Å². The van der Waals surface area contributed by atoms with Gasteiger partial charge in [0.15, 0.2) is 0 Å². The van der Waals surface area contributed by atoms with Gasteiger partial charge in [-0.1, -0.05) is 6.92 Å². The standard InChI is InChI=1S/C13H21N3O2/c1-2-6-14-13-15-7-3-12(16-13)18-10-11-4-8-17-9-5-11/h3,7,11H,2,4-6,8-10H2,1H3,(H,14,15,16). The highest BCUT2D eigenvalue weighted by Crippen LogP contribution is 2.16. The summed E-state index contributed by atoms with van der Waals surface area (Å²) in [5, 5.41) is 3.15. The maximum atomic E-state index is 5.72. The van der Waals surface area contributed by atoms with Crippen molar-refractivity contribution >= 4 is 5.95 Å². The number of ether oxygens (including phenoxy) is 2. The summed E-state index contributed by atoms with van der Waals surface area (Å²) in [6.45, 7) is 5.40. The molecule has 1 aromatic rings. The van der Waals surface area contributed by atoms with Crippen LogP contribution >= 0.6 is 0 Å². The van der Waals surface area contributed by atoms with E-state index in [1.165, 1.54) is 0 Å². The minimum Gasteiger partial charge on any atom is -0.477 e. The molecule has 2 rings (SSSR count). The van der Waals surface area contributed by atoms with Crippen LogP contribution in [0.15, 0.2) is 12.3 Å². The van der Waals surface area contributed by atoms with Crippen molar-refractivity contribution in [3.8, 4) is 5.88 Å². The van der Waals surface area contributed by atoms with Crippen LogP contribution < -0.4 is 10.1 Å². The number of nitrogens with one attached hydrogen (secondary N) is 1. The number of anilines is 1. The highest BCUT2D eigenvalue weighted by atomic mass is 16.5. The first-order valence-corrected chi connectivity index (χ1v) is 6.66. The van der Waals surface area contributed by atoms with Gasteiger partial charge >= 0.3 is 0 Å². The Kier molecular flexibility index (Phi) is 5.20. The zero-order valence-electron chi connectivity index (χ0n) is 10.9. The third kappa shape index (κ3) is 4.14. The minimum atomic E-state index is 0.584. The van der Waals surface area contributed by atoms with Crippen LogP contribution in [0.3, 0.4) is 0 Å². The van der Waals surface area contributed by atoms with E-state index in [9.17, 15) is 0 Å². The zero-order chi connectivity index (χ0) is 12.6. The van der Waals surface area contributed by atoms with E-state index in [4.69, 9.17) is 9.47 Å². The van der Waals surface area contributed by atoms with Gasteiger partial charge in [-0.15, -0.1) is 0 Å². The van der Waals surface area contributed by atoms with Gasteiger partial charge in [0, 0.05) is 32.0 Å². The molecule has 0 spiro atoms.